The van der Waals surface area contributed by atoms with Crippen LogP contribution in [0.25, 0.3) is 0 Å². The normalized spacial score (nSPS) is 25.2. The topological polar surface area (TPSA) is 380 Å². The third-order valence-corrected chi connectivity index (χ3v) is 23.7. The number of carbonyl (C=O) groups excluding carboxylic acids is 4. The third kappa shape index (κ3) is 49.3. The Morgan fingerprint density at radius 2 is 0.647 bits per heavy atom. The molecule has 116 heavy (non-hydrogen) atoms. The van der Waals surface area contributed by atoms with Gasteiger partial charge in [-0.1, -0.05) is 315 Å². The molecule has 0 aromatic heterocycles. The van der Waals surface area contributed by atoms with E-state index in [1.165, 1.54) is 161 Å². The number of carbonyl (C=O) groups is 4. The van der Waals surface area contributed by atoms with Gasteiger partial charge in [0.1, 0.15) is 92.6 Å². The first-order chi connectivity index (χ1) is 56.2. The van der Waals surface area contributed by atoms with Crippen molar-refractivity contribution in [3.8, 4) is 0 Å². The largest absolute Gasteiger partial charge is 0.472 e. The Bertz CT molecular complexity index is 2510. The quantitative estimate of drug-likeness (QED) is 0.00889. The molecule has 2 heterocycles. The molecule has 25 nitrogen and oxygen atoms in total. The van der Waals surface area contributed by atoms with Gasteiger partial charge in [-0.05, 0) is 77.0 Å². The van der Waals surface area contributed by atoms with Crippen LogP contribution in [-0.4, -0.2) is 205 Å². The average molecular weight is 1680 g/mol. The van der Waals surface area contributed by atoms with Crippen molar-refractivity contribution >= 4 is 31.7 Å². The predicted molar refractivity (Wildman–Crippen MR) is 449 cm³/mol. The van der Waals surface area contributed by atoms with Crippen molar-refractivity contribution in [2.45, 2.75) is 498 Å². The number of hydrogen-bond donors (Lipinski definition) is 10. The molecule has 1 aliphatic carbocycles. The standard InChI is InChI=1S/C90H165O25P/c1-5-9-13-17-21-25-29-33-35-37-41-45-48-52-56-60-64-75(94)109-70(67-106-73(92)62-58-54-50-46-42-38-31-27-23-19-15-11-7-3)68-108-116(104,105)115-88-86(113-89-83(102)79(98)77(96)71(66-91)110-89)82(101)81(100)85(112-76(95)65-61-57-53-49-44-39-32-28-24-20-16-12-8-4)87(88)114-90-84(103)80(99)78(97)72(111-90)69-107-74(93)63-59-55-51-47-43-40-36-34-30-26-22-18-14-10-6-2/h26,30,39,44,70-72,77-91,96-103H,5-25,27-29,31-38,40-43,45-69H2,1-4H3,(H,104,105)/b30-26-,44-39-. The fourth-order valence-electron chi connectivity index (χ4n) is 15.2. The predicted octanol–water partition coefficient (Wildman–Crippen LogP) is 16.9. The number of rotatable bonds is 75. The van der Waals surface area contributed by atoms with E-state index in [1.54, 1.807) is 0 Å². The maximum absolute atomic E-state index is 14.9. The lowest BCUT2D eigenvalue weighted by molar-refractivity contribution is -0.360. The van der Waals surface area contributed by atoms with Crippen LogP contribution in [0.4, 0.5) is 0 Å². The Hall–Kier alpha value is -3.05. The van der Waals surface area contributed by atoms with Gasteiger partial charge in [-0.2, -0.15) is 0 Å². The zero-order chi connectivity index (χ0) is 84.7. The van der Waals surface area contributed by atoms with Crippen LogP contribution >= 0.6 is 7.82 Å². The molecule has 0 aromatic rings. The summed E-state index contributed by atoms with van der Waals surface area (Å²) in [5.74, 6) is -2.98. The van der Waals surface area contributed by atoms with E-state index in [-0.39, 0.29) is 32.1 Å². The van der Waals surface area contributed by atoms with Gasteiger partial charge in [0.25, 0.3) is 0 Å². The molecule has 10 N–H and O–H groups in total. The van der Waals surface area contributed by atoms with Crippen LogP contribution in [0.1, 0.15) is 394 Å². The smallest absolute Gasteiger partial charge is 0.463 e. The molecule has 2 aliphatic heterocycles. The van der Waals surface area contributed by atoms with Crippen molar-refractivity contribution in [3.63, 3.8) is 0 Å². The summed E-state index contributed by atoms with van der Waals surface area (Å²) in [4.78, 5) is 66.4. The van der Waals surface area contributed by atoms with E-state index in [0.29, 0.717) is 32.1 Å². The minimum atomic E-state index is -5.81. The van der Waals surface area contributed by atoms with Gasteiger partial charge in [-0.25, -0.2) is 4.57 Å². The van der Waals surface area contributed by atoms with Gasteiger partial charge in [0.05, 0.1) is 13.2 Å². The molecular formula is C90H165O25P. The molecule has 3 aliphatic rings. The van der Waals surface area contributed by atoms with Crippen LogP contribution in [0.15, 0.2) is 24.3 Å². The SMILES string of the molecule is CCCCCC/C=C\CCCCCCCCCC(=O)OCC1OC(OC2C(OC(=O)CCCCC/C=C\CCCCCCCC)C(O)C(O)C(OC3OC(CO)C(O)C(O)C3O)C2OP(=O)(O)OCC(COC(=O)CCCCCCCCCCCCCCC)OC(=O)CCCCCCCCCCCCCCCCCC)C(O)C(O)C1O. The van der Waals surface area contributed by atoms with Crippen LogP contribution in [0.5, 0.6) is 0 Å². The van der Waals surface area contributed by atoms with Crippen LogP contribution in [0, 0.1) is 0 Å². The van der Waals surface area contributed by atoms with Crippen molar-refractivity contribution in [3.05, 3.63) is 24.3 Å². The van der Waals surface area contributed by atoms with E-state index >= 15 is 0 Å². The molecule has 18 unspecified atom stereocenters. The van der Waals surface area contributed by atoms with Gasteiger partial charge >= 0.3 is 31.7 Å². The second-order valence-corrected chi connectivity index (χ2v) is 34.6. The summed E-state index contributed by atoms with van der Waals surface area (Å²) in [6, 6.07) is 0. The number of aliphatic hydroxyl groups is 9. The molecule has 1 saturated carbocycles. The highest BCUT2D eigenvalue weighted by molar-refractivity contribution is 7.47. The van der Waals surface area contributed by atoms with Crippen LogP contribution < -0.4 is 0 Å². The van der Waals surface area contributed by atoms with Crippen molar-refractivity contribution in [1.29, 1.82) is 0 Å². The van der Waals surface area contributed by atoms with Crippen molar-refractivity contribution in [2.75, 3.05) is 26.4 Å². The van der Waals surface area contributed by atoms with E-state index in [9.17, 15) is 74.6 Å². The number of ether oxygens (including phenoxy) is 8. The second kappa shape index (κ2) is 69.4. The van der Waals surface area contributed by atoms with Crippen LogP contribution in [0.3, 0.4) is 0 Å². The molecule has 0 radical (unpaired) electrons. The Labute approximate surface area is 698 Å². The lowest BCUT2D eigenvalue weighted by Crippen LogP contribution is -2.70. The summed E-state index contributed by atoms with van der Waals surface area (Å²) in [7, 11) is -5.81. The fraction of sp³-hybridized carbons (Fsp3) is 0.911. The first-order valence-electron chi connectivity index (χ1n) is 46.6. The van der Waals surface area contributed by atoms with E-state index in [1.807, 2.05) is 0 Å². The Morgan fingerprint density at radius 1 is 0.336 bits per heavy atom. The number of aliphatic hydroxyl groups excluding tert-OH is 9. The molecular weight excluding hydrogens is 1510 g/mol. The summed E-state index contributed by atoms with van der Waals surface area (Å²) in [6.45, 7) is 5.57. The number of phosphoric ester groups is 1. The summed E-state index contributed by atoms with van der Waals surface area (Å²) in [6.07, 6.45) is 28.9. The van der Waals surface area contributed by atoms with Crippen LogP contribution in [-0.2, 0) is 70.7 Å². The molecule has 18 atom stereocenters. The number of phosphoric acid groups is 1. The molecule has 26 heteroatoms. The fourth-order valence-corrected chi connectivity index (χ4v) is 16.2. The Morgan fingerprint density at radius 3 is 1.04 bits per heavy atom. The first-order valence-corrected chi connectivity index (χ1v) is 48.1. The van der Waals surface area contributed by atoms with Gasteiger partial charge in [0.2, 0.25) is 0 Å². The van der Waals surface area contributed by atoms with E-state index in [2.05, 4.69) is 52.0 Å². The zero-order valence-corrected chi connectivity index (χ0v) is 73.2. The first kappa shape index (κ1) is 107. The lowest BCUT2D eigenvalue weighted by Gasteiger charge is -2.50. The minimum absolute atomic E-state index is 0.00819. The van der Waals surface area contributed by atoms with Crippen molar-refractivity contribution in [2.24, 2.45) is 0 Å². The van der Waals surface area contributed by atoms with Gasteiger partial charge in [0, 0.05) is 25.7 Å². The highest BCUT2D eigenvalue weighted by Gasteiger charge is 2.60. The van der Waals surface area contributed by atoms with Crippen LogP contribution in [0.2, 0.25) is 0 Å². The highest BCUT2D eigenvalue weighted by Crippen LogP contribution is 2.49. The van der Waals surface area contributed by atoms with Crippen molar-refractivity contribution < 1.29 is 122 Å². The number of unbranched alkanes of at least 4 members (excludes halogenated alkanes) is 47. The zero-order valence-electron chi connectivity index (χ0n) is 72.3. The monoisotopic (exact) mass is 1680 g/mol. The number of allylic oxidation sites excluding steroid dienone is 4. The highest BCUT2D eigenvalue weighted by atomic mass is 31.2. The maximum atomic E-state index is 14.9. The van der Waals surface area contributed by atoms with E-state index in [4.69, 9.17) is 46.9 Å². The van der Waals surface area contributed by atoms with Gasteiger partial charge in [0.15, 0.2) is 24.8 Å². The van der Waals surface area contributed by atoms with Crippen molar-refractivity contribution in [1.82, 2.24) is 0 Å². The number of hydrogen-bond acceptors (Lipinski definition) is 24. The molecule has 0 spiro atoms. The molecule has 3 rings (SSSR count). The summed E-state index contributed by atoms with van der Waals surface area (Å²) in [5.41, 5.74) is 0. The molecule has 680 valence electrons. The Kier molecular flexibility index (Phi) is 64.1. The van der Waals surface area contributed by atoms with E-state index < -0.39 is 162 Å². The molecule has 2 saturated heterocycles. The maximum Gasteiger partial charge on any atom is 0.472 e. The summed E-state index contributed by atoms with van der Waals surface area (Å²) < 4.78 is 73.3. The van der Waals surface area contributed by atoms with Gasteiger partial charge in [-0.3, -0.25) is 28.2 Å². The van der Waals surface area contributed by atoms with Gasteiger partial charge in [-0.15, -0.1) is 0 Å². The molecule has 0 amide bonds. The summed E-state index contributed by atoms with van der Waals surface area (Å²) >= 11 is 0. The second-order valence-electron chi connectivity index (χ2n) is 33.2. The third-order valence-electron chi connectivity index (χ3n) is 22.7. The van der Waals surface area contributed by atoms with E-state index in [0.717, 1.165) is 141 Å². The Balaban J connectivity index is 1.92. The molecule has 3 fully saturated rings. The minimum Gasteiger partial charge on any atom is -0.463 e. The number of esters is 4. The average Bonchev–Trinajstić information content (AvgIpc) is 0.754. The summed E-state index contributed by atoms with van der Waals surface area (Å²) in [5, 5.41) is 102. The van der Waals surface area contributed by atoms with Gasteiger partial charge < -0.3 is 88.7 Å². The lowest BCUT2D eigenvalue weighted by atomic mass is 9.84. The molecule has 0 aromatic carbocycles. The molecule has 0 bridgehead atoms.